The number of anilines is 1. The molecule has 1 heterocycles. The van der Waals surface area contributed by atoms with Crippen LogP contribution in [0.2, 0.25) is 10.6 Å². The quantitative estimate of drug-likeness (QED) is 0.831. The Morgan fingerprint density at radius 2 is 1.81 bits per heavy atom. The second-order valence-electron chi connectivity index (χ2n) is 3.37. The Balaban J connectivity index is 2.96. The van der Waals surface area contributed by atoms with Crippen LogP contribution in [0.15, 0.2) is 0 Å². The minimum Gasteiger partial charge on any atom is -0.337 e. The lowest BCUT2D eigenvalue weighted by Gasteiger charge is -2.25. The fourth-order valence-corrected chi connectivity index (χ4v) is 1.56. The zero-order chi connectivity index (χ0) is 12.1. The first-order valence-electron chi connectivity index (χ1n) is 4.75. The monoisotopic (exact) mass is 259 g/mol. The third-order valence-corrected chi connectivity index (χ3v) is 2.25. The Morgan fingerprint density at radius 1 is 1.25 bits per heavy atom. The Hall–Kier alpha value is -1.12. The number of hydrogen-bond acceptors (Lipinski definition) is 5. The van der Waals surface area contributed by atoms with Gasteiger partial charge in [-0.2, -0.15) is 20.2 Å². The van der Waals surface area contributed by atoms with E-state index < -0.39 is 0 Å². The van der Waals surface area contributed by atoms with E-state index in [1.807, 2.05) is 18.7 Å². The van der Waals surface area contributed by atoms with Gasteiger partial charge in [0.1, 0.15) is 0 Å². The van der Waals surface area contributed by atoms with Gasteiger partial charge in [-0.1, -0.05) is 0 Å². The third-order valence-electron chi connectivity index (χ3n) is 1.91. The van der Waals surface area contributed by atoms with E-state index in [0.717, 1.165) is 0 Å². The molecule has 16 heavy (non-hydrogen) atoms. The molecule has 0 saturated carbocycles. The van der Waals surface area contributed by atoms with Crippen molar-refractivity contribution < 1.29 is 0 Å². The summed E-state index contributed by atoms with van der Waals surface area (Å²) in [6, 6.07) is 2.23. The van der Waals surface area contributed by atoms with Gasteiger partial charge >= 0.3 is 0 Å². The summed E-state index contributed by atoms with van der Waals surface area (Å²) in [6.45, 7) is 4.48. The Labute approximate surface area is 104 Å². The molecular formula is C9H11Cl2N5. The molecule has 1 aromatic heterocycles. The minimum absolute atomic E-state index is 0.0533. The summed E-state index contributed by atoms with van der Waals surface area (Å²) in [5, 5.41) is 8.68. The molecule has 1 rings (SSSR count). The topological polar surface area (TPSA) is 65.7 Å². The lowest BCUT2D eigenvalue weighted by atomic mass is 10.3. The maximum Gasteiger partial charge on any atom is 0.231 e. The predicted molar refractivity (Wildman–Crippen MR) is 62.6 cm³/mol. The first-order chi connectivity index (χ1) is 7.54. The van der Waals surface area contributed by atoms with E-state index in [9.17, 15) is 0 Å². The van der Waals surface area contributed by atoms with Crippen molar-refractivity contribution in [2.24, 2.45) is 0 Å². The van der Waals surface area contributed by atoms with Gasteiger partial charge in [-0.05, 0) is 37.0 Å². The summed E-state index contributed by atoms with van der Waals surface area (Å²) >= 11 is 11.4. The molecule has 0 aliphatic heterocycles. The Bertz CT molecular complexity index is 381. The highest BCUT2D eigenvalue weighted by atomic mass is 35.5. The SMILES string of the molecule is CC(C)N(CCC#N)c1nc(Cl)nc(Cl)n1. The molecule has 0 atom stereocenters. The van der Waals surface area contributed by atoms with E-state index >= 15 is 0 Å². The van der Waals surface area contributed by atoms with Gasteiger partial charge in [-0.25, -0.2) is 0 Å². The summed E-state index contributed by atoms with van der Waals surface area (Å²) in [7, 11) is 0. The van der Waals surface area contributed by atoms with Gasteiger partial charge in [-0.15, -0.1) is 0 Å². The first kappa shape index (κ1) is 12.9. The molecule has 5 nitrogen and oxygen atoms in total. The van der Waals surface area contributed by atoms with E-state index in [0.29, 0.717) is 18.9 Å². The molecule has 86 valence electrons. The van der Waals surface area contributed by atoms with Crippen LogP contribution in [0.1, 0.15) is 20.3 Å². The molecule has 0 fully saturated rings. The number of hydrogen-bond donors (Lipinski definition) is 0. The van der Waals surface area contributed by atoms with E-state index in [1.165, 1.54) is 0 Å². The van der Waals surface area contributed by atoms with Crippen molar-refractivity contribution in [1.82, 2.24) is 15.0 Å². The van der Waals surface area contributed by atoms with Crippen LogP contribution in [0.4, 0.5) is 5.95 Å². The zero-order valence-electron chi connectivity index (χ0n) is 8.98. The smallest absolute Gasteiger partial charge is 0.231 e. The van der Waals surface area contributed by atoms with Gasteiger partial charge < -0.3 is 4.90 Å². The van der Waals surface area contributed by atoms with Gasteiger partial charge in [-0.3, -0.25) is 0 Å². The average Bonchev–Trinajstić information content (AvgIpc) is 2.16. The fraction of sp³-hybridized carbons (Fsp3) is 0.556. The lowest BCUT2D eigenvalue weighted by molar-refractivity contribution is 0.663. The molecule has 0 aliphatic carbocycles. The highest BCUT2D eigenvalue weighted by molar-refractivity contribution is 6.31. The summed E-state index contributed by atoms with van der Waals surface area (Å²) in [4.78, 5) is 13.5. The van der Waals surface area contributed by atoms with Gasteiger partial charge in [0.05, 0.1) is 12.5 Å². The standard InChI is InChI=1S/C9H11Cl2N5/c1-6(2)16(5-3-4-12)9-14-7(10)13-8(11)15-9/h6H,3,5H2,1-2H3. The summed E-state index contributed by atoms with van der Waals surface area (Å²) in [6.07, 6.45) is 0.388. The van der Waals surface area contributed by atoms with Crippen LogP contribution in [0, 0.1) is 11.3 Å². The summed E-state index contributed by atoms with van der Waals surface area (Å²) in [5.74, 6) is 0.398. The van der Waals surface area contributed by atoms with E-state index in [1.54, 1.807) is 0 Å². The highest BCUT2D eigenvalue weighted by Gasteiger charge is 2.15. The van der Waals surface area contributed by atoms with Crippen molar-refractivity contribution in [2.45, 2.75) is 26.3 Å². The minimum atomic E-state index is 0.0533. The predicted octanol–water partition coefficient (Wildman–Crippen LogP) is 2.31. The molecule has 1 aromatic rings. The van der Waals surface area contributed by atoms with Crippen LogP contribution in [-0.4, -0.2) is 27.5 Å². The molecule has 0 bridgehead atoms. The molecule has 0 aliphatic rings. The zero-order valence-corrected chi connectivity index (χ0v) is 10.5. The van der Waals surface area contributed by atoms with Crippen molar-refractivity contribution in [3.05, 3.63) is 10.6 Å². The first-order valence-corrected chi connectivity index (χ1v) is 5.51. The van der Waals surface area contributed by atoms with Crippen LogP contribution in [0.25, 0.3) is 0 Å². The molecule has 7 heteroatoms. The molecule has 0 unspecified atom stereocenters. The molecule has 0 saturated heterocycles. The highest BCUT2D eigenvalue weighted by Crippen LogP contribution is 2.16. The molecule has 0 N–H and O–H groups in total. The molecule has 0 spiro atoms. The molecule has 0 amide bonds. The Kier molecular flexibility index (Phi) is 4.71. The second-order valence-corrected chi connectivity index (χ2v) is 4.04. The van der Waals surface area contributed by atoms with E-state index in [4.69, 9.17) is 28.5 Å². The lowest BCUT2D eigenvalue weighted by Crippen LogP contribution is -2.33. The third kappa shape index (κ3) is 3.47. The van der Waals surface area contributed by atoms with Crippen molar-refractivity contribution in [3.63, 3.8) is 0 Å². The van der Waals surface area contributed by atoms with Gasteiger partial charge in [0.15, 0.2) is 0 Å². The van der Waals surface area contributed by atoms with Crippen molar-refractivity contribution in [1.29, 1.82) is 5.26 Å². The molecular weight excluding hydrogens is 249 g/mol. The van der Waals surface area contributed by atoms with Crippen molar-refractivity contribution >= 4 is 29.2 Å². The maximum atomic E-state index is 8.57. The number of aromatic nitrogens is 3. The number of halogens is 2. The van der Waals surface area contributed by atoms with Gasteiger partial charge in [0.2, 0.25) is 16.5 Å². The van der Waals surface area contributed by atoms with Gasteiger partial charge in [0.25, 0.3) is 0 Å². The van der Waals surface area contributed by atoms with Crippen molar-refractivity contribution in [3.8, 4) is 6.07 Å². The largest absolute Gasteiger partial charge is 0.337 e. The number of rotatable bonds is 4. The van der Waals surface area contributed by atoms with Crippen LogP contribution < -0.4 is 4.90 Å². The van der Waals surface area contributed by atoms with Crippen LogP contribution in [0.3, 0.4) is 0 Å². The Morgan fingerprint density at radius 3 is 2.25 bits per heavy atom. The van der Waals surface area contributed by atoms with Crippen LogP contribution in [0.5, 0.6) is 0 Å². The van der Waals surface area contributed by atoms with E-state index in [-0.39, 0.29) is 16.6 Å². The molecule has 0 radical (unpaired) electrons. The number of nitrogens with zero attached hydrogens (tertiary/aromatic N) is 5. The second kappa shape index (κ2) is 5.83. The van der Waals surface area contributed by atoms with Crippen LogP contribution in [-0.2, 0) is 0 Å². The summed E-state index contributed by atoms with van der Waals surface area (Å²) < 4.78 is 0. The fourth-order valence-electron chi connectivity index (χ4n) is 1.20. The maximum absolute atomic E-state index is 8.57. The average molecular weight is 260 g/mol. The van der Waals surface area contributed by atoms with Crippen LogP contribution >= 0.6 is 23.2 Å². The van der Waals surface area contributed by atoms with Crippen molar-refractivity contribution in [2.75, 3.05) is 11.4 Å². The number of nitriles is 1. The van der Waals surface area contributed by atoms with Gasteiger partial charge in [0, 0.05) is 12.6 Å². The normalized spacial score (nSPS) is 10.2. The molecule has 0 aromatic carbocycles. The summed E-state index contributed by atoms with van der Waals surface area (Å²) in [5.41, 5.74) is 0. The van der Waals surface area contributed by atoms with E-state index in [2.05, 4.69) is 21.0 Å².